The molecule has 1 nitrogen and oxygen atoms in total. The van der Waals surface area contributed by atoms with Gasteiger partial charge in [-0.3, -0.25) is 0 Å². The van der Waals surface area contributed by atoms with Gasteiger partial charge in [-0.05, 0) is 27.7 Å². The van der Waals surface area contributed by atoms with Crippen molar-refractivity contribution in [1.29, 1.82) is 0 Å². The third-order valence-corrected chi connectivity index (χ3v) is 1.45. The summed E-state index contributed by atoms with van der Waals surface area (Å²) >= 11 is 0. The zero-order chi connectivity index (χ0) is 7.44. The molecule has 0 aliphatic rings. The fourth-order valence-electron chi connectivity index (χ4n) is 1.08. The average molecular weight is 127 g/mol. The topological polar surface area (TPSA) is 3.24 Å². The summed E-state index contributed by atoms with van der Waals surface area (Å²) in [5, 5.41) is 0. The van der Waals surface area contributed by atoms with Gasteiger partial charge in [-0.1, -0.05) is 6.58 Å². The van der Waals surface area contributed by atoms with Crippen molar-refractivity contribution in [3.63, 3.8) is 0 Å². The van der Waals surface area contributed by atoms with Crippen LogP contribution >= 0.6 is 0 Å². The van der Waals surface area contributed by atoms with Crippen LogP contribution in [-0.2, 0) is 0 Å². The number of allylic oxidation sites excluding steroid dienone is 1. The first-order chi connectivity index (χ1) is 4.09. The first-order valence-electron chi connectivity index (χ1n) is 3.51. The molecule has 0 unspecified atom stereocenters. The van der Waals surface area contributed by atoms with Crippen LogP contribution in [0.25, 0.3) is 0 Å². The molecule has 0 saturated heterocycles. The van der Waals surface area contributed by atoms with Gasteiger partial charge in [-0.2, -0.15) is 0 Å². The molecule has 0 heterocycles. The maximum atomic E-state index is 3.87. The molecular formula is C8H17N. The molecule has 0 aromatic heterocycles. The van der Waals surface area contributed by atoms with Crippen LogP contribution < -0.4 is 0 Å². The van der Waals surface area contributed by atoms with Crippen molar-refractivity contribution in [3.05, 3.63) is 12.3 Å². The zero-order valence-electron chi connectivity index (χ0n) is 6.94. The van der Waals surface area contributed by atoms with Gasteiger partial charge in [0.1, 0.15) is 0 Å². The first-order valence-corrected chi connectivity index (χ1v) is 3.51. The van der Waals surface area contributed by atoms with E-state index >= 15 is 0 Å². The predicted molar refractivity (Wildman–Crippen MR) is 42.3 cm³/mol. The van der Waals surface area contributed by atoms with Crippen molar-refractivity contribution in [1.82, 2.24) is 4.90 Å². The van der Waals surface area contributed by atoms with E-state index in [0.29, 0.717) is 6.04 Å². The highest BCUT2D eigenvalue weighted by atomic mass is 15.1. The molecule has 0 spiro atoms. The highest BCUT2D eigenvalue weighted by Gasteiger charge is 2.03. The van der Waals surface area contributed by atoms with Crippen LogP contribution in [0.4, 0.5) is 0 Å². The summed E-state index contributed by atoms with van der Waals surface area (Å²) in [7, 11) is 0. The van der Waals surface area contributed by atoms with Gasteiger partial charge in [0.25, 0.3) is 0 Å². The second-order valence-corrected chi connectivity index (χ2v) is 2.62. The second kappa shape index (κ2) is 3.54. The van der Waals surface area contributed by atoms with Crippen LogP contribution in [-0.4, -0.2) is 17.5 Å². The summed E-state index contributed by atoms with van der Waals surface area (Å²) in [6.07, 6.45) is 0. The summed E-state index contributed by atoms with van der Waals surface area (Å²) in [5.74, 6) is 0. The van der Waals surface area contributed by atoms with Crippen molar-refractivity contribution >= 4 is 0 Å². The average Bonchev–Trinajstić information content (AvgIpc) is 1.64. The molecule has 1 heteroatoms. The Hall–Kier alpha value is -0.460. The maximum Gasteiger partial charge on any atom is 0.0229 e. The van der Waals surface area contributed by atoms with E-state index in [1.54, 1.807) is 0 Å². The molecule has 0 aliphatic carbocycles. The predicted octanol–water partition coefficient (Wildman–Crippen LogP) is 2.25. The van der Waals surface area contributed by atoms with Crippen molar-refractivity contribution < 1.29 is 0 Å². The van der Waals surface area contributed by atoms with Crippen LogP contribution in [0.1, 0.15) is 27.7 Å². The fourth-order valence-corrected chi connectivity index (χ4v) is 1.08. The minimum absolute atomic E-state index is 0.590. The fraction of sp³-hybridized carbons (Fsp3) is 0.750. The monoisotopic (exact) mass is 127 g/mol. The largest absolute Gasteiger partial charge is 0.373 e. The Kier molecular flexibility index (Phi) is 3.36. The molecule has 0 N–H and O–H groups in total. The summed E-state index contributed by atoms with van der Waals surface area (Å²) in [5.41, 5.74) is 1.16. The van der Waals surface area contributed by atoms with E-state index in [1.807, 2.05) is 6.92 Å². The number of rotatable bonds is 3. The normalized spacial score (nSPS) is 9.89. The lowest BCUT2D eigenvalue weighted by atomic mass is 10.3. The Bertz CT molecular complexity index is 94.7. The van der Waals surface area contributed by atoms with Gasteiger partial charge in [0.05, 0.1) is 0 Å². The molecule has 0 saturated carbocycles. The van der Waals surface area contributed by atoms with Gasteiger partial charge in [0.15, 0.2) is 0 Å². The summed E-state index contributed by atoms with van der Waals surface area (Å²) in [4.78, 5) is 2.26. The Labute approximate surface area is 58.4 Å². The van der Waals surface area contributed by atoms with E-state index in [-0.39, 0.29) is 0 Å². The van der Waals surface area contributed by atoms with Gasteiger partial charge >= 0.3 is 0 Å². The van der Waals surface area contributed by atoms with E-state index in [1.165, 1.54) is 0 Å². The highest BCUT2D eigenvalue weighted by molar-refractivity contribution is 4.89. The lowest BCUT2D eigenvalue weighted by Gasteiger charge is -2.27. The number of hydrogen-bond acceptors (Lipinski definition) is 1. The molecular weight excluding hydrogens is 110 g/mol. The van der Waals surface area contributed by atoms with Crippen LogP contribution in [0.15, 0.2) is 12.3 Å². The molecule has 0 radical (unpaired) electrons. The smallest absolute Gasteiger partial charge is 0.0229 e. The Morgan fingerprint density at radius 1 is 1.56 bits per heavy atom. The van der Waals surface area contributed by atoms with E-state index < -0.39 is 0 Å². The summed E-state index contributed by atoms with van der Waals surface area (Å²) < 4.78 is 0. The third kappa shape index (κ3) is 2.54. The second-order valence-electron chi connectivity index (χ2n) is 2.62. The zero-order valence-corrected chi connectivity index (χ0v) is 6.94. The standard InChI is InChI=1S/C8H17N/c1-6-9(7(2)3)8(4)5/h8H,2,6H2,1,3-5H3. The van der Waals surface area contributed by atoms with E-state index in [9.17, 15) is 0 Å². The van der Waals surface area contributed by atoms with Crippen LogP contribution in [0, 0.1) is 0 Å². The van der Waals surface area contributed by atoms with Crippen molar-refractivity contribution in [3.8, 4) is 0 Å². The quantitative estimate of drug-likeness (QED) is 0.562. The molecule has 0 aromatic rings. The van der Waals surface area contributed by atoms with Gasteiger partial charge in [-0.15, -0.1) is 0 Å². The third-order valence-electron chi connectivity index (χ3n) is 1.45. The van der Waals surface area contributed by atoms with Gasteiger partial charge in [0.2, 0.25) is 0 Å². The van der Waals surface area contributed by atoms with Crippen LogP contribution in [0.2, 0.25) is 0 Å². The minimum Gasteiger partial charge on any atom is -0.373 e. The van der Waals surface area contributed by atoms with E-state index in [4.69, 9.17) is 0 Å². The Morgan fingerprint density at radius 2 is 2.00 bits per heavy atom. The SMILES string of the molecule is C=C(C)N(CC)C(C)C. The molecule has 0 rings (SSSR count). The molecule has 0 aliphatic heterocycles. The summed E-state index contributed by atoms with van der Waals surface area (Å²) in [6.45, 7) is 13.5. The van der Waals surface area contributed by atoms with Crippen LogP contribution in [0.5, 0.6) is 0 Å². The molecule has 9 heavy (non-hydrogen) atoms. The van der Waals surface area contributed by atoms with Crippen molar-refractivity contribution in [2.75, 3.05) is 6.54 Å². The minimum atomic E-state index is 0.590. The number of hydrogen-bond donors (Lipinski definition) is 0. The molecule has 0 bridgehead atoms. The molecule has 0 amide bonds. The van der Waals surface area contributed by atoms with Crippen LogP contribution in [0.3, 0.4) is 0 Å². The van der Waals surface area contributed by atoms with E-state index in [0.717, 1.165) is 12.2 Å². The molecule has 0 aromatic carbocycles. The maximum absolute atomic E-state index is 3.87. The lowest BCUT2D eigenvalue weighted by molar-refractivity contribution is 0.300. The summed E-state index contributed by atoms with van der Waals surface area (Å²) in [6, 6.07) is 0.590. The Morgan fingerprint density at radius 3 is 2.00 bits per heavy atom. The molecule has 0 atom stereocenters. The lowest BCUT2D eigenvalue weighted by Crippen LogP contribution is -2.28. The van der Waals surface area contributed by atoms with Gasteiger partial charge < -0.3 is 4.90 Å². The molecule has 0 fully saturated rings. The first kappa shape index (κ1) is 8.54. The Balaban J connectivity index is 3.83. The van der Waals surface area contributed by atoms with Crippen molar-refractivity contribution in [2.24, 2.45) is 0 Å². The number of nitrogens with zero attached hydrogens (tertiary/aromatic N) is 1. The van der Waals surface area contributed by atoms with Gasteiger partial charge in [0, 0.05) is 18.3 Å². The highest BCUT2D eigenvalue weighted by Crippen LogP contribution is 2.04. The van der Waals surface area contributed by atoms with E-state index in [2.05, 4.69) is 32.3 Å². The van der Waals surface area contributed by atoms with Crippen molar-refractivity contribution in [2.45, 2.75) is 33.7 Å². The van der Waals surface area contributed by atoms with Gasteiger partial charge in [-0.25, -0.2) is 0 Å². The molecule has 54 valence electrons.